The zero-order chi connectivity index (χ0) is 17.3. The quantitative estimate of drug-likeness (QED) is 0.735. The zero-order valence-electron chi connectivity index (χ0n) is 15.3. The van der Waals surface area contributed by atoms with Crippen molar-refractivity contribution in [2.24, 2.45) is 0 Å². The number of rotatable bonds is 8. The molecular formula is C19H32N2O2. The molecule has 1 amide bonds. The molecule has 0 fully saturated rings. The third kappa shape index (κ3) is 8.03. The van der Waals surface area contributed by atoms with Gasteiger partial charge in [0.2, 0.25) is 0 Å². The Morgan fingerprint density at radius 2 is 1.91 bits per heavy atom. The van der Waals surface area contributed by atoms with E-state index in [-0.39, 0.29) is 6.09 Å². The van der Waals surface area contributed by atoms with Gasteiger partial charge in [-0.15, -0.1) is 0 Å². The molecule has 0 aliphatic heterocycles. The molecule has 0 bridgehead atoms. The van der Waals surface area contributed by atoms with Crippen LogP contribution in [0.1, 0.15) is 52.5 Å². The molecule has 1 atom stereocenters. The predicted octanol–water partition coefficient (Wildman–Crippen LogP) is 4.03. The summed E-state index contributed by atoms with van der Waals surface area (Å²) in [7, 11) is 0. The second-order valence-corrected chi connectivity index (χ2v) is 6.93. The molecule has 0 heterocycles. The average molecular weight is 320 g/mol. The average Bonchev–Trinajstić information content (AvgIpc) is 2.49. The first kappa shape index (κ1) is 19.5. The summed E-state index contributed by atoms with van der Waals surface area (Å²) in [5.41, 5.74) is 0.914. The number of ether oxygens (including phenoxy) is 1. The highest BCUT2D eigenvalue weighted by molar-refractivity contribution is 5.68. The third-order valence-corrected chi connectivity index (χ3v) is 3.63. The van der Waals surface area contributed by atoms with Crippen molar-refractivity contribution in [3.05, 3.63) is 35.9 Å². The molecule has 1 N–H and O–H groups in total. The molecule has 130 valence electrons. The minimum absolute atomic E-state index is 0.224. The maximum absolute atomic E-state index is 12.0. The Hall–Kier alpha value is -1.55. The van der Waals surface area contributed by atoms with Crippen molar-refractivity contribution in [3.8, 4) is 0 Å². The number of hydrogen-bond acceptors (Lipinski definition) is 3. The predicted molar refractivity (Wildman–Crippen MR) is 95.8 cm³/mol. The van der Waals surface area contributed by atoms with Crippen molar-refractivity contribution in [2.75, 3.05) is 26.2 Å². The lowest BCUT2D eigenvalue weighted by Crippen LogP contribution is -2.38. The normalized spacial score (nSPS) is 12.7. The van der Waals surface area contributed by atoms with Gasteiger partial charge in [0.1, 0.15) is 5.60 Å². The summed E-state index contributed by atoms with van der Waals surface area (Å²) in [6.07, 6.45) is 0.701. The van der Waals surface area contributed by atoms with Crippen molar-refractivity contribution in [1.29, 1.82) is 0 Å². The summed E-state index contributed by atoms with van der Waals surface area (Å²) >= 11 is 0. The van der Waals surface area contributed by atoms with Gasteiger partial charge in [0.05, 0.1) is 0 Å². The first-order chi connectivity index (χ1) is 10.8. The second kappa shape index (κ2) is 9.56. The molecule has 0 aromatic heterocycles. The van der Waals surface area contributed by atoms with Crippen LogP contribution in [0.25, 0.3) is 0 Å². The summed E-state index contributed by atoms with van der Waals surface area (Å²) in [5.74, 6) is 0.490. The van der Waals surface area contributed by atoms with Crippen LogP contribution in [-0.2, 0) is 4.74 Å². The van der Waals surface area contributed by atoms with Crippen LogP contribution >= 0.6 is 0 Å². The van der Waals surface area contributed by atoms with Crippen LogP contribution < -0.4 is 5.32 Å². The summed E-state index contributed by atoms with van der Waals surface area (Å²) in [4.78, 5) is 13.8. The van der Waals surface area contributed by atoms with E-state index < -0.39 is 5.60 Å². The maximum atomic E-state index is 12.0. The highest BCUT2D eigenvalue weighted by Crippen LogP contribution is 2.13. The van der Waals surface area contributed by atoms with Crippen LogP contribution in [0.5, 0.6) is 0 Å². The van der Waals surface area contributed by atoms with Gasteiger partial charge in [-0.1, -0.05) is 37.3 Å². The summed E-state index contributed by atoms with van der Waals surface area (Å²) in [5, 5.41) is 3.47. The first-order valence-corrected chi connectivity index (χ1v) is 8.57. The van der Waals surface area contributed by atoms with Crippen LogP contribution in [0.15, 0.2) is 30.3 Å². The van der Waals surface area contributed by atoms with Crippen LogP contribution in [0, 0.1) is 0 Å². The Bertz CT molecular complexity index is 454. The molecule has 1 rings (SSSR count). The van der Waals surface area contributed by atoms with Crippen molar-refractivity contribution < 1.29 is 9.53 Å². The lowest BCUT2D eigenvalue weighted by molar-refractivity contribution is 0.0258. The fourth-order valence-electron chi connectivity index (χ4n) is 2.32. The number of benzene rings is 1. The van der Waals surface area contributed by atoms with E-state index in [1.165, 1.54) is 5.56 Å². The number of nitrogens with one attached hydrogen (secondary N) is 1. The van der Waals surface area contributed by atoms with Crippen LogP contribution in [0.3, 0.4) is 0 Å². The van der Waals surface area contributed by atoms with Crippen molar-refractivity contribution in [2.45, 2.75) is 52.6 Å². The van der Waals surface area contributed by atoms with Crippen molar-refractivity contribution >= 4 is 6.09 Å². The summed E-state index contributed by atoms with van der Waals surface area (Å²) < 4.78 is 5.41. The lowest BCUT2D eigenvalue weighted by Gasteiger charge is -2.26. The smallest absolute Gasteiger partial charge is 0.410 e. The maximum Gasteiger partial charge on any atom is 0.410 e. The molecule has 0 radical (unpaired) electrons. The van der Waals surface area contributed by atoms with Crippen molar-refractivity contribution in [1.82, 2.24) is 10.2 Å². The zero-order valence-corrected chi connectivity index (χ0v) is 15.3. The highest BCUT2D eigenvalue weighted by Gasteiger charge is 2.20. The standard InChI is InChI=1S/C19H32N2O2/c1-6-21(18(22)23-19(3,4)5)14-10-13-20-15-16(2)17-11-8-7-9-12-17/h7-9,11-12,16,20H,6,10,13-15H2,1-5H3. The Labute approximate surface area is 141 Å². The summed E-state index contributed by atoms with van der Waals surface area (Å²) in [6, 6.07) is 10.5. The number of hydrogen-bond donors (Lipinski definition) is 1. The molecule has 0 saturated carbocycles. The number of carbonyl (C=O) groups is 1. The van der Waals surface area contributed by atoms with Crippen LogP contribution in [0.2, 0.25) is 0 Å². The molecule has 1 unspecified atom stereocenters. The molecule has 4 nitrogen and oxygen atoms in total. The highest BCUT2D eigenvalue weighted by atomic mass is 16.6. The van der Waals surface area contributed by atoms with E-state index in [0.717, 1.165) is 26.1 Å². The number of amides is 1. The molecule has 1 aromatic carbocycles. The fourth-order valence-corrected chi connectivity index (χ4v) is 2.32. The van der Waals surface area contributed by atoms with Gasteiger partial charge < -0.3 is 15.0 Å². The van der Waals surface area contributed by atoms with Gasteiger partial charge in [-0.3, -0.25) is 0 Å². The Kier molecular flexibility index (Phi) is 8.10. The first-order valence-electron chi connectivity index (χ1n) is 8.57. The molecule has 0 aliphatic rings. The lowest BCUT2D eigenvalue weighted by atomic mass is 10.0. The van der Waals surface area contributed by atoms with Gasteiger partial charge in [-0.25, -0.2) is 4.79 Å². The molecule has 0 spiro atoms. The van der Waals surface area contributed by atoms with Gasteiger partial charge in [0.15, 0.2) is 0 Å². The Balaban J connectivity index is 2.24. The minimum atomic E-state index is -0.437. The molecule has 23 heavy (non-hydrogen) atoms. The van der Waals surface area contributed by atoms with Crippen molar-refractivity contribution in [3.63, 3.8) is 0 Å². The fraction of sp³-hybridized carbons (Fsp3) is 0.632. The molecule has 1 aromatic rings. The number of carbonyl (C=O) groups excluding carboxylic acids is 1. The van der Waals surface area contributed by atoms with Gasteiger partial charge in [0.25, 0.3) is 0 Å². The van der Waals surface area contributed by atoms with Gasteiger partial charge in [-0.2, -0.15) is 0 Å². The SMILES string of the molecule is CCN(CCCNCC(C)c1ccccc1)C(=O)OC(C)(C)C. The van der Waals surface area contributed by atoms with E-state index in [0.29, 0.717) is 12.5 Å². The molecule has 0 saturated heterocycles. The van der Waals surface area contributed by atoms with E-state index in [4.69, 9.17) is 4.74 Å². The largest absolute Gasteiger partial charge is 0.444 e. The molecule has 4 heteroatoms. The van der Waals surface area contributed by atoms with Gasteiger partial charge in [-0.05, 0) is 52.1 Å². The van der Waals surface area contributed by atoms with E-state index >= 15 is 0 Å². The minimum Gasteiger partial charge on any atom is -0.444 e. The van der Waals surface area contributed by atoms with E-state index in [1.54, 1.807) is 4.90 Å². The molecular weight excluding hydrogens is 288 g/mol. The molecule has 0 aliphatic carbocycles. The van der Waals surface area contributed by atoms with E-state index in [9.17, 15) is 4.79 Å². The Morgan fingerprint density at radius 3 is 2.48 bits per heavy atom. The van der Waals surface area contributed by atoms with E-state index in [2.05, 4.69) is 36.5 Å². The number of nitrogens with zero attached hydrogens (tertiary/aromatic N) is 1. The second-order valence-electron chi connectivity index (χ2n) is 6.93. The summed E-state index contributed by atoms with van der Waals surface area (Å²) in [6.45, 7) is 13.1. The van der Waals surface area contributed by atoms with Crippen LogP contribution in [-0.4, -0.2) is 42.8 Å². The Morgan fingerprint density at radius 1 is 1.26 bits per heavy atom. The monoisotopic (exact) mass is 320 g/mol. The van der Waals surface area contributed by atoms with Gasteiger partial charge >= 0.3 is 6.09 Å². The van der Waals surface area contributed by atoms with Gasteiger partial charge in [0, 0.05) is 19.6 Å². The topological polar surface area (TPSA) is 41.6 Å². The van der Waals surface area contributed by atoms with E-state index in [1.807, 2.05) is 33.8 Å². The third-order valence-electron chi connectivity index (χ3n) is 3.63. The van der Waals surface area contributed by atoms with Crippen LogP contribution in [0.4, 0.5) is 4.79 Å².